The molecule has 0 bridgehead atoms. The molecule has 0 aliphatic heterocycles. The molecule has 0 saturated heterocycles. The normalized spacial score (nSPS) is 10.4. The van der Waals surface area contributed by atoms with Crippen molar-refractivity contribution in [3.05, 3.63) is 52.9 Å². The third-order valence-electron chi connectivity index (χ3n) is 2.84. The molecule has 19 heavy (non-hydrogen) atoms. The molecule has 1 heterocycles. The van der Waals surface area contributed by atoms with Gasteiger partial charge in [0.2, 0.25) is 0 Å². The van der Waals surface area contributed by atoms with Crippen molar-refractivity contribution < 1.29 is 14.3 Å². The molecule has 4 nitrogen and oxygen atoms in total. The third-order valence-corrected chi connectivity index (χ3v) is 3.15. The van der Waals surface area contributed by atoms with E-state index in [1.165, 1.54) is 0 Å². The minimum atomic E-state index is -0.990. The van der Waals surface area contributed by atoms with Gasteiger partial charge in [-0.25, -0.2) is 4.79 Å². The van der Waals surface area contributed by atoms with Gasteiger partial charge in [-0.1, -0.05) is 17.7 Å². The highest BCUT2D eigenvalue weighted by Crippen LogP contribution is 2.31. The molecule has 0 saturated carbocycles. The standard InChI is InChI=1S/C14H14ClNO3/c1-2-16(9-10-5-4-8-19-10)13-11(14(17)18)6-3-7-12(13)15/h3-8H,2,9H2,1H3,(H,17,18). The van der Waals surface area contributed by atoms with Crippen molar-refractivity contribution in [3.63, 3.8) is 0 Å². The van der Waals surface area contributed by atoms with Crippen LogP contribution in [0.2, 0.25) is 5.02 Å². The summed E-state index contributed by atoms with van der Waals surface area (Å²) >= 11 is 6.15. The second kappa shape index (κ2) is 5.80. The fraction of sp³-hybridized carbons (Fsp3) is 0.214. The van der Waals surface area contributed by atoms with E-state index in [1.807, 2.05) is 17.9 Å². The monoisotopic (exact) mass is 279 g/mol. The highest BCUT2D eigenvalue weighted by Gasteiger charge is 2.19. The molecular weight excluding hydrogens is 266 g/mol. The lowest BCUT2D eigenvalue weighted by Gasteiger charge is -2.24. The van der Waals surface area contributed by atoms with Crippen molar-refractivity contribution in [2.45, 2.75) is 13.5 Å². The number of benzene rings is 1. The van der Waals surface area contributed by atoms with Gasteiger partial charge in [-0.3, -0.25) is 0 Å². The Balaban J connectivity index is 2.40. The van der Waals surface area contributed by atoms with E-state index >= 15 is 0 Å². The van der Waals surface area contributed by atoms with E-state index in [4.69, 9.17) is 16.0 Å². The summed E-state index contributed by atoms with van der Waals surface area (Å²) in [4.78, 5) is 13.2. The Morgan fingerprint density at radius 1 is 1.37 bits per heavy atom. The van der Waals surface area contributed by atoms with E-state index < -0.39 is 5.97 Å². The topological polar surface area (TPSA) is 53.7 Å². The van der Waals surface area contributed by atoms with Gasteiger partial charge < -0.3 is 14.4 Å². The number of halogens is 1. The van der Waals surface area contributed by atoms with Crippen LogP contribution in [-0.2, 0) is 6.54 Å². The summed E-state index contributed by atoms with van der Waals surface area (Å²) in [5.74, 6) is -0.228. The van der Waals surface area contributed by atoms with Crippen LogP contribution in [0.3, 0.4) is 0 Å². The molecule has 0 amide bonds. The smallest absolute Gasteiger partial charge is 0.337 e. The molecule has 0 radical (unpaired) electrons. The van der Waals surface area contributed by atoms with Crippen molar-refractivity contribution in [1.29, 1.82) is 0 Å². The number of carboxylic acid groups (broad SMARTS) is 1. The minimum absolute atomic E-state index is 0.195. The zero-order valence-corrected chi connectivity index (χ0v) is 11.2. The van der Waals surface area contributed by atoms with Gasteiger partial charge in [0.05, 0.1) is 29.1 Å². The number of para-hydroxylation sites is 1. The summed E-state index contributed by atoms with van der Waals surface area (Å²) in [6, 6.07) is 8.52. The molecule has 1 N–H and O–H groups in total. The number of carboxylic acids is 1. The Morgan fingerprint density at radius 2 is 2.16 bits per heavy atom. The molecule has 1 aromatic carbocycles. The van der Waals surface area contributed by atoms with E-state index in [1.54, 1.807) is 30.5 Å². The van der Waals surface area contributed by atoms with E-state index in [0.717, 1.165) is 5.76 Å². The fourth-order valence-electron chi connectivity index (χ4n) is 1.95. The average molecular weight is 280 g/mol. The van der Waals surface area contributed by atoms with Gasteiger partial charge in [0.25, 0.3) is 0 Å². The van der Waals surface area contributed by atoms with Crippen molar-refractivity contribution >= 4 is 23.3 Å². The number of anilines is 1. The van der Waals surface area contributed by atoms with Gasteiger partial charge >= 0.3 is 5.97 Å². The maximum absolute atomic E-state index is 11.3. The summed E-state index contributed by atoms with van der Waals surface area (Å²) in [7, 11) is 0. The quantitative estimate of drug-likeness (QED) is 0.907. The Bertz CT molecular complexity index is 566. The number of aromatic carboxylic acids is 1. The molecule has 0 spiro atoms. The van der Waals surface area contributed by atoms with Gasteiger partial charge in [-0.15, -0.1) is 0 Å². The fourth-order valence-corrected chi connectivity index (χ4v) is 2.24. The first kappa shape index (κ1) is 13.5. The lowest BCUT2D eigenvalue weighted by molar-refractivity contribution is 0.0697. The van der Waals surface area contributed by atoms with E-state index in [2.05, 4.69) is 0 Å². The first-order chi connectivity index (χ1) is 9.13. The van der Waals surface area contributed by atoms with Crippen LogP contribution < -0.4 is 4.90 Å². The predicted octanol–water partition coefficient (Wildman–Crippen LogP) is 3.66. The summed E-state index contributed by atoms with van der Waals surface area (Å²) in [5, 5.41) is 9.68. The number of hydrogen-bond donors (Lipinski definition) is 1. The lowest BCUT2D eigenvalue weighted by atomic mass is 10.1. The Hall–Kier alpha value is -1.94. The largest absolute Gasteiger partial charge is 0.478 e. The van der Waals surface area contributed by atoms with E-state index in [0.29, 0.717) is 23.8 Å². The second-order valence-electron chi connectivity index (χ2n) is 4.03. The Morgan fingerprint density at radius 3 is 2.74 bits per heavy atom. The van der Waals surface area contributed by atoms with Crippen molar-refractivity contribution in [2.24, 2.45) is 0 Å². The molecule has 5 heteroatoms. The summed E-state index contributed by atoms with van der Waals surface area (Å²) in [5.41, 5.74) is 0.719. The summed E-state index contributed by atoms with van der Waals surface area (Å²) in [6.45, 7) is 3.05. The Labute approximate surface area is 116 Å². The van der Waals surface area contributed by atoms with Crippen LogP contribution in [0.5, 0.6) is 0 Å². The molecule has 2 aromatic rings. The van der Waals surface area contributed by atoms with Crippen molar-refractivity contribution in [1.82, 2.24) is 0 Å². The number of hydrogen-bond acceptors (Lipinski definition) is 3. The first-order valence-electron chi connectivity index (χ1n) is 5.92. The van der Waals surface area contributed by atoms with Crippen LogP contribution >= 0.6 is 11.6 Å². The Kier molecular flexibility index (Phi) is 4.12. The van der Waals surface area contributed by atoms with E-state index in [9.17, 15) is 9.90 Å². The third kappa shape index (κ3) is 2.90. The number of rotatable bonds is 5. The summed E-state index contributed by atoms with van der Waals surface area (Å²) in [6.07, 6.45) is 1.59. The first-order valence-corrected chi connectivity index (χ1v) is 6.30. The van der Waals surface area contributed by atoms with Crippen LogP contribution in [0.1, 0.15) is 23.0 Å². The average Bonchev–Trinajstić information content (AvgIpc) is 2.89. The number of nitrogens with zero attached hydrogens (tertiary/aromatic N) is 1. The highest BCUT2D eigenvalue weighted by atomic mass is 35.5. The maximum Gasteiger partial charge on any atom is 0.337 e. The van der Waals surface area contributed by atoms with Crippen LogP contribution in [-0.4, -0.2) is 17.6 Å². The molecule has 0 aliphatic carbocycles. The summed E-state index contributed by atoms with van der Waals surface area (Å²) < 4.78 is 5.30. The highest BCUT2D eigenvalue weighted by molar-refractivity contribution is 6.34. The van der Waals surface area contributed by atoms with Crippen molar-refractivity contribution in [3.8, 4) is 0 Å². The molecule has 100 valence electrons. The molecule has 2 rings (SSSR count). The molecular formula is C14H14ClNO3. The zero-order valence-electron chi connectivity index (χ0n) is 10.5. The van der Waals surface area contributed by atoms with Crippen molar-refractivity contribution in [2.75, 3.05) is 11.4 Å². The van der Waals surface area contributed by atoms with Crippen LogP contribution in [0.15, 0.2) is 41.0 Å². The van der Waals surface area contributed by atoms with E-state index in [-0.39, 0.29) is 5.56 Å². The molecule has 0 unspecified atom stereocenters. The second-order valence-corrected chi connectivity index (χ2v) is 4.44. The van der Waals surface area contributed by atoms with Gasteiger partial charge in [-0.05, 0) is 31.2 Å². The van der Waals surface area contributed by atoms with Gasteiger partial charge in [0.1, 0.15) is 5.76 Å². The van der Waals surface area contributed by atoms with Crippen LogP contribution in [0.25, 0.3) is 0 Å². The number of carbonyl (C=O) groups is 1. The van der Waals surface area contributed by atoms with Gasteiger partial charge in [0.15, 0.2) is 0 Å². The molecule has 1 aromatic heterocycles. The molecule has 0 aliphatic rings. The molecule has 0 fully saturated rings. The predicted molar refractivity (Wildman–Crippen MR) is 73.8 cm³/mol. The number of furan rings is 1. The minimum Gasteiger partial charge on any atom is -0.478 e. The van der Waals surface area contributed by atoms with Crippen LogP contribution in [0.4, 0.5) is 5.69 Å². The lowest BCUT2D eigenvalue weighted by Crippen LogP contribution is -2.24. The van der Waals surface area contributed by atoms with Gasteiger partial charge in [0, 0.05) is 6.54 Å². The molecule has 0 atom stereocenters. The van der Waals surface area contributed by atoms with Crippen LogP contribution in [0, 0.1) is 0 Å². The zero-order chi connectivity index (χ0) is 13.8. The SMILES string of the molecule is CCN(Cc1ccco1)c1c(Cl)cccc1C(=O)O. The van der Waals surface area contributed by atoms with Gasteiger partial charge in [-0.2, -0.15) is 0 Å². The maximum atomic E-state index is 11.3.